The molecule has 2 aromatic carbocycles. The first-order valence-electron chi connectivity index (χ1n) is 12.4. The molecule has 2 saturated heterocycles. The van der Waals surface area contributed by atoms with E-state index in [0.717, 1.165) is 36.3 Å². The summed E-state index contributed by atoms with van der Waals surface area (Å²) < 4.78 is 33.5. The molecule has 9 nitrogen and oxygen atoms in total. The van der Waals surface area contributed by atoms with Crippen LogP contribution in [0.1, 0.15) is 18.0 Å². The normalized spacial score (nSPS) is 17.2. The van der Waals surface area contributed by atoms with Gasteiger partial charge in [-0.2, -0.15) is 11.8 Å². The number of hydrogen-bond donors (Lipinski definition) is 2. The van der Waals surface area contributed by atoms with Gasteiger partial charge in [0.05, 0.1) is 36.8 Å². The molecule has 0 saturated carbocycles. The van der Waals surface area contributed by atoms with Gasteiger partial charge in [0, 0.05) is 49.2 Å². The Kier molecular flexibility index (Phi) is 8.13. The van der Waals surface area contributed by atoms with E-state index in [1.807, 2.05) is 17.8 Å². The third-order valence-corrected chi connectivity index (χ3v) is 7.37. The van der Waals surface area contributed by atoms with E-state index in [-0.39, 0.29) is 5.91 Å². The molecule has 2 aliphatic heterocycles. The van der Waals surface area contributed by atoms with E-state index in [9.17, 15) is 13.6 Å². The van der Waals surface area contributed by atoms with E-state index >= 15 is 0 Å². The van der Waals surface area contributed by atoms with Crippen molar-refractivity contribution in [2.75, 3.05) is 58.9 Å². The maximum absolute atomic E-state index is 13.9. The van der Waals surface area contributed by atoms with Crippen LogP contribution >= 0.6 is 11.8 Å². The summed E-state index contributed by atoms with van der Waals surface area (Å²) in [6.07, 6.45) is 3.13. The summed E-state index contributed by atoms with van der Waals surface area (Å²) in [7, 11) is 1.57. The van der Waals surface area contributed by atoms with E-state index < -0.39 is 17.7 Å². The highest BCUT2D eigenvalue weighted by atomic mass is 32.2. The first-order valence-corrected chi connectivity index (χ1v) is 13.6. The molecule has 3 heterocycles. The molecule has 0 spiro atoms. The minimum atomic E-state index is -0.653. The van der Waals surface area contributed by atoms with Crippen molar-refractivity contribution < 1.29 is 23.1 Å². The number of methoxy groups -OCH3 is 1. The number of aromatic nitrogens is 2. The molecule has 12 heteroatoms. The number of carbonyl (C=O) groups excluding carboxylic acids is 1. The van der Waals surface area contributed by atoms with E-state index in [0.29, 0.717) is 47.4 Å². The van der Waals surface area contributed by atoms with Gasteiger partial charge in [0.1, 0.15) is 29.5 Å². The van der Waals surface area contributed by atoms with Crippen LogP contribution in [0.3, 0.4) is 0 Å². The van der Waals surface area contributed by atoms with E-state index in [2.05, 4.69) is 32.1 Å². The summed E-state index contributed by atoms with van der Waals surface area (Å²) in [6.45, 7) is 5.62. The van der Waals surface area contributed by atoms with Gasteiger partial charge in [0.2, 0.25) is 5.91 Å². The molecular formula is C27H28F2N6O3S. The highest BCUT2D eigenvalue weighted by molar-refractivity contribution is 7.99. The molecule has 5 rings (SSSR count). The zero-order valence-electron chi connectivity index (χ0n) is 21.3. The number of rotatable bonds is 8. The topological polar surface area (TPSA) is 91.9 Å². The quantitative estimate of drug-likeness (QED) is 0.371. The minimum Gasteiger partial charge on any atom is -0.494 e. The van der Waals surface area contributed by atoms with Crippen LogP contribution in [0, 0.1) is 11.6 Å². The molecule has 0 bridgehead atoms. The van der Waals surface area contributed by atoms with Crippen LogP contribution in [0.25, 0.3) is 0 Å². The molecule has 1 unspecified atom stereocenters. The Morgan fingerprint density at radius 2 is 1.90 bits per heavy atom. The number of nitrogens with one attached hydrogen (secondary N) is 2. The first kappa shape index (κ1) is 26.7. The van der Waals surface area contributed by atoms with Crippen LogP contribution in [0.5, 0.6) is 5.75 Å². The molecule has 3 aromatic rings. The van der Waals surface area contributed by atoms with Gasteiger partial charge in [-0.25, -0.2) is 23.8 Å². The summed E-state index contributed by atoms with van der Waals surface area (Å²) in [6, 6.07) is 8.36. The molecule has 1 amide bonds. The molecular weight excluding hydrogens is 526 g/mol. The second-order valence-electron chi connectivity index (χ2n) is 8.92. The number of halogens is 2. The molecule has 2 aliphatic rings. The van der Waals surface area contributed by atoms with Crippen LogP contribution in [0.2, 0.25) is 0 Å². The predicted molar refractivity (Wildman–Crippen MR) is 149 cm³/mol. The van der Waals surface area contributed by atoms with Crippen molar-refractivity contribution in [3.8, 4) is 5.75 Å². The minimum absolute atomic E-state index is 0.325. The van der Waals surface area contributed by atoms with Crippen molar-refractivity contribution >= 4 is 46.4 Å². The van der Waals surface area contributed by atoms with Gasteiger partial charge >= 0.3 is 0 Å². The Morgan fingerprint density at radius 1 is 1.13 bits per heavy atom. The van der Waals surface area contributed by atoms with Gasteiger partial charge in [-0.05, 0) is 29.8 Å². The van der Waals surface area contributed by atoms with Gasteiger partial charge < -0.3 is 20.3 Å². The number of amides is 1. The largest absolute Gasteiger partial charge is 0.494 e. The van der Waals surface area contributed by atoms with E-state index in [1.165, 1.54) is 29.6 Å². The fourth-order valence-electron chi connectivity index (χ4n) is 4.62. The van der Waals surface area contributed by atoms with Crippen LogP contribution in [-0.4, -0.2) is 54.2 Å². The summed E-state index contributed by atoms with van der Waals surface area (Å²) in [5, 5.41) is 7.68. The lowest BCUT2D eigenvalue weighted by molar-refractivity contribution is -0.111. The number of ether oxygens (including phenoxy) is 1. The molecule has 1 aromatic heterocycles. The number of thioether (sulfide) groups is 1. The zero-order chi connectivity index (χ0) is 27.4. The summed E-state index contributed by atoms with van der Waals surface area (Å²) in [4.78, 5) is 28.9. The molecule has 2 N–H and O–H groups in total. The smallest absolute Gasteiger partial charge is 0.247 e. The number of hydrogen-bond acceptors (Lipinski definition) is 9. The number of anilines is 5. The summed E-state index contributed by atoms with van der Waals surface area (Å²) >= 11 is 1.89. The number of benzene rings is 2. The first-order chi connectivity index (χ1) is 18.9. The average molecular weight is 555 g/mol. The standard InChI is InChI=1S/C27H28F2N6O3S/c1-3-27(36)33-20-13-21(24(37-2)14-23(20)34-5-8-39-9-6-34)32-25-15-26(31-16-30-25)35-22(4-7-38-35)17-10-18(28)12-19(29)11-17/h3,10-16,22H,1,4-9H2,2H3,(H,33,36)(H,30,31,32). The maximum atomic E-state index is 13.9. The Bertz CT molecular complexity index is 1350. The van der Waals surface area contributed by atoms with Gasteiger partial charge in [0.25, 0.3) is 0 Å². The van der Waals surface area contributed by atoms with Gasteiger partial charge in [-0.3, -0.25) is 9.63 Å². The Balaban J connectivity index is 1.45. The number of carbonyl (C=O) groups is 1. The van der Waals surface area contributed by atoms with Crippen molar-refractivity contribution in [3.63, 3.8) is 0 Å². The van der Waals surface area contributed by atoms with Crippen LogP contribution in [-0.2, 0) is 9.63 Å². The molecule has 204 valence electrons. The molecule has 2 fully saturated rings. The summed E-state index contributed by atoms with van der Waals surface area (Å²) in [5.41, 5.74) is 2.49. The van der Waals surface area contributed by atoms with Crippen molar-refractivity contribution in [3.05, 3.63) is 72.6 Å². The fraction of sp³-hybridized carbons (Fsp3) is 0.296. The summed E-state index contributed by atoms with van der Waals surface area (Å²) in [5.74, 6) is 1.76. The molecule has 0 aliphatic carbocycles. The predicted octanol–water partition coefficient (Wildman–Crippen LogP) is 5.07. The lowest BCUT2D eigenvalue weighted by atomic mass is 10.0. The van der Waals surface area contributed by atoms with Gasteiger partial charge in [0.15, 0.2) is 5.82 Å². The monoisotopic (exact) mass is 554 g/mol. The van der Waals surface area contributed by atoms with Crippen molar-refractivity contribution in [2.45, 2.75) is 12.5 Å². The lowest BCUT2D eigenvalue weighted by Gasteiger charge is -2.31. The van der Waals surface area contributed by atoms with Crippen LogP contribution in [0.4, 0.5) is 37.5 Å². The Labute approximate surface area is 229 Å². The molecule has 1 atom stereocenters. The van der Waals surface area contributed by atoms with Crippen LogP contribution < -0.4 is 25.3 Å². The van der Waals surface area contributed by atoms with E-state index in [1.54, 1.807) is 19.2 Å². The lowest BCUT2D eigenvalue weighted by Crippen LogP contribution is -2.33. The van der Waals surface area contributed by atoms with Crippen molar-refractivity contribution in [1.82, 2.24) is 9.97 Å². The van der Waals surface area contributed by atoms with Crippen molar-refractivity contribution in [2.24, 2.45) is 0 Å². The number of hydroxylamine groups is 1. The third kappa shape index (κ3) is 6.07. The zero-order valence-corrected chi connectivity index (χ0v) is 22.1. The SMILES string of the molecule is C=CC(=O)Nc1cc(Nc2cc(N3OCCC3c3cc(F)cc(F)c3)ncn2)c(OC)cc1N1CCSCC1. The molecule has 0 radical (unpaired) electrons. The van der Waals surface area contributed by atoms with Crippen molar-refractivity contribution in [1.29, 1.82) is 0 Å². The number of nitrogens with zero attached hydrogens (tertiary/aromatic N) is 4. The second-order valence-corrected chi connectivity index (χ2v) is 10.1. The third-order valence-electron chi connectivity index (χ3n) is 6.43. The fourth-order valence-corrected chi connectivity index (χ4v) is 5.53. The maximum Gasteiger partial charge on any atom is 0.247 e. The highest BCUT2D eigenvalue weighted by Gasteiger charge is 2.30. The van der Waals surface area contributed by atoms with E-state index in [4.69, 9.17) is 9.57 Å². The Hall–Kier alpha value is -3.90. The molecule has 39 heavy (non-hydrogen) atoms. The highest BCUT2D eigenvalue weighted by Crippen LogP contribution is 2.40. The Morgan fingerprint density at radius 3 is 2.62 bits per heavy atom. The second kappa shape index (κ2) is 11.9. The van der Waals surface area contributed by atoms with Gasteiger partial charge in [-0.1, -0.05) is 6.58 Å². The van der Waals surface area contributed by atoms with Gasteiger partial charge in [-0.15, -0.1) is 0 Å². The van der Waals surface area contributed by atoms with Crippen LogP contribution in [0.15, 0.2) is 55.4 Å². The average Bonchev–Trinajstić information content (AvgIpc) is 3.44.